The van der Waals surface area contributed by atoms with Gasteiger partial charge in [-0.05, 0) is 0 Å². The summed E-state index contributed by atoms with van der Waals surface area (Å²) >= 11 is -4.30. The van der Waals surface area contributed by atoms with E-state index in [0.29, 0.717) is 0 Å². The van der Waals surface area contributed by atoms with Crippen LogP contribution in [0.1, 0.15) is 38.8 Å². The molecule has 0 bridgehead atoms. The Morgan fingerprint density at radius 2 is 0.771 bits per heavy atom. The van der Waals surface area contributed by atoms with Gasteiger partial charge in [0.15, 0.2) is 0 Å². The number of hydrogen-bond acceptors (Lipinski definition) is 2. The first kappa shape index (κ1) is 26.5. The molecule has 2 aromatic carbocycles. The second-order valence-electron chi connectivity index (χ2n) is 10.5. The van der Waals surface area contributed by atoms with Crippen molar-refractivity contribution in [3.63, 3.8) is 0 Å². The van der Waals surface area contributed by atoms with Crippen LogP contribution in [0.5, 0.6) is 0 Å². The van der Waals surface area contributed by atoms with E-state index < -0.39 is 24.1 Å². The summed E-state index contributed by atoms with van der Waals surface area (Å²) in [5, 5.41) is 0. The number of allylic oxidation sites excluding steroid dienone is 8. The monoisotopic (exact) mass is 584 g/mol. The number of nitrogens with zero attached hydrogens (tertiary/aromatic N) is 2. The SMILES string of the molecule is CC1=C[C](c2ccc(N(C)C)cc2)([Zr]([Cl])([Cl])[C]2(c3ccc(N(C)C)cc3)C=C(C)C(C)=C2)C=C1C. The fourth-order valence-electron chi connectivity index (χ4n) is 5.38. The molecule has 35 heavy (non-hydrogen) atoms. The van der Waals surface area contributed by atoms with E-state index >= 15 is 0 Å². The molecule has 2 aliphatic rings. The average molecular weight is 587 g/mol. The minimum absolute atomic E-state index is 0.505. The molecule has 0 fully saturated rings. The Balaban J connectivity index is 1.99. The molecule has 0 heterocycles. The summed E-state index contributed by atoms with van der Waals surface area (Å²) < 4.78 is -1.01. The van der Waals surface area contributed by atoms with Crippen molar-refractivity contribution in [1.29, 1.82) is 0 Å². The van der Waals surface area contributed by atoms with E-state index in [4.69, 9.17) is 17.0 Å². The normalized spacial score (nSPS) is 18.6. The molecule has 0 atom stereocenters. The molecular weight excluding hydrogens is 550 g/mol. The third-order valence-corrected chi connectivity index (χ3v) is 23.1. The van der Waals surface area contributed by atoms with E-state index in [9.17, 15) is 0 Å². The minimum atomic E-state index is -4.30. The first-order valence-electron chi connectivity index (χ1n) is 12.1. The van der Waals surface area contributed by atoms with Gasteiger partial charge < -0.3 is 0 Å². The van der Waals surface area contributed by atoms with Crippen molar-refractivity contribution in [1.82, 2.24) is 0 Å². The van der Waals surface area contributed by atoms with Crippen LogP contribution in [-0.2, 0) is 24.1 Å². The van der Waals surface area contributed by atoms with Gasteiger partial charge in [0, 0.05) is 0 Å². The van der Waals surface area contributed by atoms with E-state index in [1.165, 1.54) is 33.4 Å². The molecule has 0 unspecified atom stereocenters. The topological polar surface area (TPSA) is 6.48 Å². The van der Waals surface area contributed by atoms with E-state index in [2.05, 4.69) is 139 Å². The molecule has 184 valence electrons. The molecule has 2 nitrogen and oxygen atoms in total. The zero-order chi connectivity index (χ0) is 25.8. The van der Waals surface area contributed by atoms with Gasteiger partial charge in [-0.15, -0.1) is 0 Å². The van der Waals surface area contributed by atoms with Gasteiger partial charge in [0.25, 0.3) is 0 Å². The van der Waals surface area contributed by atoms with E-state index in [1.807, 2.05) is 0 Å². The van der Waals surface area contributed by atoms with Crippen molar-refractivity contribution >= 4 is 28.4 Å². The summed E-state index contributed by atoms with van der Waals surface area (Å²) in [5.41, 5.74) is 9.68. The Kier molecular flexibility index (Phi) is 7.13. The van der Waals surface area contributed by atoms with Crippen molar-refractivity contribution < 1.29 is 17.9 Å². The molecule has 0 saturated carbocycles. The first-order chi connectivity index (χ1) is 16.3. The van der Waals surface area contributed by atoms with Crippen molar-refractivity contribution in [2.45, 2.75) is 33.9 Å². The maximum atomic E-state index is 7.97. The molecule has 0 radical (unpaired) electrons. The van der Waals surface area contributed by atoms with Crippen molar-refractivity contribution in [3.05, 3.63) is 106 Å². The van der Waals surface area contributed by atoms with Gasteiger partial charge in [0.1, 0.15) is 0 Å². The van der Waals surface area contributed by atoms with Gasteiger partial charge in [-0.3, -0.25) is 0 Å². The summed E-state index contributed by atoms with van der Waals surface area (Å²) in [6, 6.07) is 17.6. The van der Waals surface area contributed by atoms with Crippen LogP contribution in [0.15, 0.2) is 95.1 Å². The van der Waals surface area contributed by atoms with Gasteiger partial charge in [0.2, 0.25) is 0 Å². The molecule has 0 spiro atoms. The number of benzene rings is 2. The summed E-state index contributed by atoms with van der Waals surface area (Å²) in [4.78, 5) is 4.24. The first-order valence-corrected chi connectivity index (χ1v) is 20.9. The van der Waals surface area contributed by atoms with Crippen LogP contribution < -0.4 is 9.80 Å². The van der Waals surface area contributed by atoms with E-state index in [0.717, 1.165) is 11.4 Å². The quantitative estimate of drug-likeness (QED) is 0.337. The molecule has 2 aromatic rings. The standard InChI is InChI=1S/2C15H18N.2ClH.Zr/c2*1-11-9-14(10-12(11)2)13-5-7-15(8-6-13)16(3)4;;;/h2*5-10H,1-4H3;2*1H;/q;;;;+2/p-2. The van der Waals surface area contributed by atoms with Crippen LogP contribution in [0.2, 0.25) is 0 Å². The van der Waals surface area contributed by atoms with Crippen molar-refractivity contribution in [2.75, 3.05) is 38.0 Å². The molecule has 2 aliphatic carbocycles. The Morgan fingerprint density at radius 3 is 1.00 bits per heavy atom. The Labute approximate surface area is 223 Å². The molecule has 5 heteroatoms. The zero-order valence-corrected chi connectivity index (χ0v) is 26.0. The predicted molar refractivity (Wildman–Crippen MR) is 152 cm³/mol. The van der Waals surface area contributed by atoms with Crippen LogP contribution in [-0.4, -0.2) is 28.2 Å². The van der Waals surface area contributed by atoms with E-state index in [1.54, 1.807) is 0 Å². The predicted octanol–water partition coefficient (Wildman–Crippen LogP) is 8.18. The third-order valence-electron chi connectivity index (χ3n) is 7.78. The van der Waals surface area contributed by atoms with Crippen LogP contribution in [0.25, 0.3) is 0 Å². The van der Waals surface area contributed by atoms with Crippen LogP contribution in [0.3, 0.4) is 0 Å². The molecule has 0 amide bonds. The van der Waals surface area contributed by atoms with Gasteiger partial charge in [-0.2, -0.15) is 0 Å². The van der Waals surface area contributed by atoms with Gasteiger partial charge in [-0.1, -0.05) is 0 Å². The third kappa shape index (κ3) is 4.22. The summed E-state index contributed by atoms with van der Waals surface area (Å²) in [6.45, 7) is 8.69. The van der Waals surface area contributed by atoms with Gasteiger partial charge in [0.05, 0.1) is 0 Å². The second-order valence-corrected chi connectivity index (χ2v) is 25.2. The van der Waals surface area contributed by atoms with Crippen molar-refractivity contribution in [3.8, 4) is 0 Å². The van der Waals surface area contributed by atoms with Crippen LogP contribution in [0.4, 0.5) is 11.4 Å². The average Bonchev–Trinajstić information content (AvgIpc) is 3.31. The Hall–Kier alpha value is -1.54. The van der Waals surface area contributed by atoms with E-state index in [-0.39, 0.29) is 0 Å². The molecule has 4 rings (SSSR count). The Morgan fingerprint density at radius 1 is 0.514 bits per heavy atom. The zero-order valence-electron chi connectivity index (χ0n) is 22.1. The second kappa shape index (κ2) is 9.40. The fourth-order valence-corrected chi connectivity index (χ4v) is 18.7. The van der Waals surface area contributed by atoms with Crippen LogP contribution >= 0.6 is 17.0 Å². The van der Waals surface area contributed by atoms with Gasteiger partial charge in [-0.25, -0.2) is 0 Å². The fraction of sp³-hybridized carbons (Fsp3) is 0.333. The summed E-state index contributed by atoms with van der Waals surface area (Å²) in [5.74, 6) is 0. The molecule has 0 saturated heterocycles. The number of rotatable bonds is 6. The van der Waals surface area contributed by atoms with Crippen molar-refractivity contribution in [2.24, 2.45) is 0 Å². The van der Waals surface area contributed by atoms with Crippen LogP contribution in [0, 0.1) is 0 Å². The number of halogens is 2. The molecule has 0 aliphatic heterocycles. The summed E-state index contributed by atoms with van der Waals surface area (Å²) in [7, 11) is 24.2. The number of hydrogen-bond donors (Lipinski definition) is 0. The summed E-state index contributed by atoms with van der Waals surface area (Å²) in [6.07, 6.45) is 9.40. The Bertz CT molecular complexity index is 1110. The molecule has 0 N–H and O–H groups in total. The number of anilines is 2. The molecular formula is C30H36Cl2N2Zr. The van der Waals surface area contributed by atoms with Gasteiger partial charge >= 0.3 is 224 Å². The molecule has 0 aromatic heterocycles. The maximum absolute atomic E-state index is 7.97.